The van der Waals surface area contributed by atoms with Gasteiger partial charge in [0.1, 0.15) is 12.3 Å². The van der Waals surface area contributed by atoms with Crippen LogP contribution < -0.4 is 21.1 Å². The van der Waals surface area contributed by atoms with E-state index in [1.54, 1.807) is 36.4 Å². The van der Waals surface area contributed by atoms with Gasteiger partial charge in [-0.2, -0.15) is 0 Å². The maximum Gasteiger partial charge on any atom is 0.420 e. The summed E-state index contributed by atoms with van der Waals surface area (Å²) < 4.78 is 11.9. The lowest BCUT2D eigenvalue weighted by atomic mass is 10.1. The lowest BCUT2D eigenvalue weighted by molar-refractivity contribution is -0.123. The monoisotopic (exact) mass is 409 g/mol. The Morgan fingerprint density at radius 2 is 1.83 bits per heavy atom. The van der Waals surface area contributed by atoms with Crippen LogP contribution in [-0.4, -0.2) is 35.6 Å². The first kappa shape index (κ1) is 19.8. The van der Waals surface area contributed by atoms with Crippen molar-refractivity contribution < 1.29 is 18.7 Å². The first-order chi connectivity index (χ1) is 14.6. The van der Waals surface area contributed by atoms with Gasteiger partial charge in [-0.25, -0.2) is 4.79 Å². The molecule has 30 heavy (non-hydrogen) atoms. The topological polar surface area (TPSA) is 103 Å². The van der Waals surface area contributed by atoms with E-state index >= 15 is 0 Å². The van der Waals surface area contributed by atoms with E-state index in [0.717, 1.165) is 18.4 Å². The molecule has 0 spiro atoms. The summed E-state index contributed by atoms with van der Waals surface area (Å²) in [6, 6.07) is 14.7. The predicted octanol–water partition coefficient (Wildman–Crippen LogP) is 1.61. The summed E-state index contributed by atoms with van der Waals surface area (Å²) in [4.78, 5) is 35.8. The van der Waals surface area contributed by atoms with Gasteiger partial charge in [0.2, 0.25) is 5.91 Å². The molecule has 1 heterocycles. The fraction of sp³-hybridized carbons (Fsp3) is 0.318. The van der Waals surface area contributed by atoms with Gasteiger partial charge in [-0.15, -0.1) is 0 Å². The van der Waals surface area contributed by atoms with E-state index in [4.69, 9.17) is 9.15 Å². The van der Waals surface area contributed by atoms with Gasteiger partial charge < -0.3 is 19.8 Å². The third kappa shape index (κ3) is 5.08. The largest absolute Gasteiger partial charge is 0.484 e. The van der Waals surface area contributed by atoms with E-state index < -0.39 is 5.76 Å². The fourth-order valence-electron chi connectivity index (χ4n) is 3.11. The van der Waals surface area contributed by atoms with Gasteiger partial charge >= 0.3 is 5.76 Å². The molecule has 2 aromatic carbocycles. The van der Waals surface area contributed by atoms with Crippen molar-refractivity contribution in [2.75, 3.05) is 13.2 Å². The maximum atomic E-state index is 12.2. The third-order valence-electron chi connectivity index (χ3n) is 4.85. The summed E-state index contributed by atoms with van der Waals surface area (Å²) in [5.74, 6) is -0.285. The Morgan fingerprint density at radius 1 is 1.07 bits per heavy atom. The van der Waals surface area contributed by atoms with Crippen molar-refractivity contribution in [2.24, 2.45) is 0 Å². The number of ether oxygens (including phenoxy) is 1. The second-order valence-corrected chi connectivity index (χ2v) is 7.30. The fourth-order valence-corrected chi connectivity index (χ4v) is 3.11. The Kier molecular flexibility index (Phi) is 5.83. The number of aromatic nitrogens is 1. The third-order valence-corrected chi connectivity index (χ3v) is 4.85. The van der Waals surface area contributed by atoms with E-state index in [1.807, 2.05) is 12.1 Å². The highest BCUT2D eigenvalue weighted by molar-refractivity contribution is 5.79. The standard InChI is InChI=1S/C22H23N3O5/c26-20(13-25-18-3-1-2-4-19(18)30-22(25)28)23-12-11-15-5-9-17(10-6-15)29-14-21(27)24-16-7-8-16/h1-6,9-10,16H,7-8,11-14H2,(H,23,26)(H,24,27). The van der Waals surface area contributed by atoms with Gasteiger partial charge in [0.15, 0.2) is 12.2 Å². The number of nitrogens with zero attached hydrogens (tertiary/aromatic N) is 1. The van der Waals surface area contributed by atoms with Crippen LogP contribution in [0.1, 0.15) is 18.4 Å². The molecule has 0 bridgehead atoms. The maximum absolute atomic E-state index is 12.2. The van der Waals surface area contributed by atoms with Crippen LogP contribution in [0, 0.1) is 0 Å². The molecule has 0 aliphatic heterocycles. The molecular weight excluding hydrogens is 386 g/mol. The normalized spacial score (nSPS) is 13.2. The highest BCUT2D eigenvalue weighted by atomic mass is 16.5. The van der Waals surface area contributed by atoms with Gasteiger partial charge in [0.25, 0.3) is 5.91 Å². The minimum Gasteiger partial charge on any atom is -0.484 e. The molecule has 156 valence electrons. The second-order valence-electron chi connectivity index (χ2n) is 7.30. The Morgan fingerprint density at radius 3 is 2.60 bits per heavy atom. The first-order valence-electron chi connectivity index (χ1n) is 9.94. The summed E-state index contributed by atoms with van der Waals surface area (Å²) >= 11 is 0. The highest BCUT2D eigenvalue weighted by Crippen LogP contribution is 2.18. The van der Waals surface area contributed by atoms with E-state index in [2.05, 4.69) is 10.6 Å². The van der Waals surface area contributed by atoms with Gasteiger partial charge in [-0.1, -0.05) is 24.3 Å². The zero-order chi connectivity index (χ0) is 20.9. The Balaban J connectivity index is 1.21. The second kappa shape index (κ2) is 8.86. The van der Waals surface area contributed by atoms with Gasteiger partial charge in [-0.3, -0.25) is 14.2 Å². The SMILES string of the molecule is O=C(Cn1c(=O)oc2ccccc21)NCCc1ccc(OCC(=O)NC2CC2)cc1. The first-order valence-corrected chi connectivity index (χ1v) is 9.94. The molecule has 8 nitrogen and oxygen atoms in total. The van der Waals surface area contributed by atoms with E-state index in [0.29, 0.717) is 35.9 Å². The Labute approximate surface area is 172 Å². The number of oxazole rings is 1. The predicted molar refractivity (Wildman–Crippen MR) is 110 cm³/mol. The number of rotatable bonds is 9. The number of hydrogen-bond acceptors (Lipinski definition) is 5. The van der Waals surface area contributed by atoms with Crippen LogP contribution in [-0.2, 0) is 22.6 Å². The number of para-hydroxylation sites is 2. The highest BCUT2D eigenvalue weighted by Gasteiger charge is 2.23. The minimum atomic E-state index is -0.548. The Hall–Kier alpha value is -3.55. The molecule has 0 saturated heterocycles. The summed E-state index contributed by atoms with van der Waals surface area (Å²) in [5.41, 5.74) is 2.08. The van der Waals surface area contributed by atoms with E-state index in [-0.39, 0.29) is 25.0 Å². The van der Waals surface area contributed by atoms with Crippen LogP contribution in [0.2, 0.25) is 0 Å². The summed E-state index contributed by atoms with van der Waals surface area (Å²) in [7, 11) is 0. The number of fused-ring (bicyclic) bond motifs is 1. The van der Waals surface area contributed by atoms with Crippen LogP contribution in [0.3, 0.4) is 0 Å². The number of nitrogens with one attached hydrogen (secondary N) is 2. The van der Waals surface area contributed by atoms with Crippen LogP contribution in [0.5, 0.6) is 5.75 Å². The molecule has 1 aliphatic rings. The molecule has 3 aromatic rings. The zero-order valence-corrected chi connectivity index (χ0v) is 16.4. The molecular formula is C22H23N3O5. The van der Waals surface area contributed by atoms with Crippen molar-refractivity contribution in [1.29, 1.82) is 0 Å². The van der Waals surface area contributed by atoms with Crippen LogP contribution in [0.25, 0.3) is 11.1 Å². The lowest BCUT2D eigenvalue weighted by Crippen LogP contribution is -2.32. The van der Waals surface area contributed by atoms with Crippen LogP contribution >= 0.6 is 0 Å². The molecule has 2 amide bonds. The average Bonchev–Trinajstić information content (AvgIpc) is 3.50. The molecule has 0 atom stereocenters. The molecule has 1 aromatic heterocycles. The number of carbonyl (C=O) groups is 2. The zero-order valence-electron chi connectivity index (χ0n) is 16.4. The lowest BCUT2D eigenvalue weighted by Gasteiger charge is -2.08. The molecule has 4 rings (SSSR count). The summed E-state index contributed by atoms with van der Waals surface area (Å²) in [6.07, 6.45) is 2.73. The number of carbonyl (C=O) groups excluding carboxylic acids is 2. The van der Waals surface area contributed by atoms with Gasteiger partial charge in [0.05, 0.1) is 5.52 Å². The molecule has 1 fully saturated rings. The molecule has 0 radical (unpaired) electrons. The number of hydrogen-bond donors (Lipinski definition) is 2. The number of amides is 2. The smallest absolute Gasteiger partial charge is 0.420 e. The van der Waals surface area contributed by atoms with Crippen LogP contribution in [0.4, 0.5) is 0 Å². The Bertz CT molecular complexity index is 1100. The van der Waals surface area contributed by atoms with Crippen molar-refractivity contribution >= 4 is 22.9 Å². The molecule has 2 N–H and O–H groups in total. The quantitative estimate of drug-likeness (QED) is 0.559. The van der Waals surface area contributed by atoms with Crippen molar-refractivity contribution in [1.82, 2.24) is 15.2 Å². The molecule has 1 saturated carbocycles. The molecule has 8 heteroatoms. The van der Waals surface area contributed by atoms with Crippen molar-refractivity contribution in [3.8, 4) is 5.75 Å². The molecule has 0 unspecified atom stereocenters. The average molecular weight is 409 g/mol. The summed E-state index contributed by atoms with van der Waals surface area (Å²) in [5, 5.41) is 5.69. The van der Waals surface area contributed by atoms with Crippen molar-refractivity contribution in [3.63, 3.8) is 0 Å². The minimum absolute atomic E-state index is 0.00790. The van der Waals surface area contributed by atoms with Gasteiger partial charge in [0, 0.05) is 12.6 Å². The number of benzene rings is 2. The van der Waals surface area contributed by atoms with Crippen molar-refractivity contribution in [2.45, 2.75) is 31.8 Å². The van der Waals surface area contributed by atoms with E-state index in [9.17, 15) is 14.4 Å². The summed E-state index contributed by atoms with van der Waals surface area (Å²) in [6.45, 7) is 0.354. The molecule has 1 aliphatic carbocycles. The van der Waals surface area contributed by atoms with E-state index in [1.165, 1.54) is 4.57 Å². The van der Waals surface area contributed by atoms with Crippen LogP contribution in [0.15, 0.2) is 57.7 Å². The van der Waals surface area contributed by atoms with Crippen molar-refractivity contribution in [3.05, 3.63) is 64.6 Å². The van der Waals surface area contributed by atoms with Gasteiger partial charge in [-0.05, 0) is 49.1 Å².